The second kappa shape index (κ2) is 7.64. The van der Waals surface area contributed by atoms with Crippen LogP contribution in [-0.4, -0.2) is 12.6 Å². The molecule has 0 spiro atoms. The summed E-state index contributed by atoms with van der Waals surface area (Å²) in [5.41, 5.74) is 2.32. The molecule has 116 valence electrons. The Labute approximate surface area is 126 Å². The van der Waals surface area contributed by atoms with Gasteiger partial charge in [0.1, 0.15) is 0 Å². The van der Waals surface area contributed by atoms with E-state index in [0.29, 0.717) is 11.5 Å². The summed E-state index contributed by atoms with van der Waals surface area (Å²) in [6.45, 7) is 8.29. The Hall–Kier alpha value is -0.300. The predicted octanol–water partition coefficient (Wildman–Crippen LogP) is 5.46. The van der Waals surface area contributed by atoms with Crippen LogP contribution >= 0.6 is 0 Å². The van der Waals surface area contributed by atoms with Crippen molar-refractivity contribution >= 4 is 0 Å². The van der Waals surface area contributed by atoms with Gasteiger partial charge in [-0.05, 0) is 69.2 Å². The Morgan fingerprint density at radius 3 is 2.45 bits per heavy atom. The van der Waals surface area contributed by atoms with Crippen LogP contribution in [0.1, 0.15) is 85.0 Å². The second-order valence-electron chi connectivity index (χ2n) is 7.58. The van der Waals surface area contributed by atoms with Gasteiger partial charge in [0.2, 0.25) is 0 Å². The van der Waals surface area contributed by atoms with Gasteiger partial charge in [-0.15, -0.1) is 0 Å². The van der Waals surface area contributed by atoms with Crippen molar-refractivity contribution in [3.8, 4) is 0 Å². The van der Waals surface area contributed by atoms with Crippen molar-refractivity contribution in [2.45, 2.75) is 91.0 Å². The first-order valence-electron chi connectivity index (χ1n) is 9.10. The lowest BCUT2D eigenvalue weighted by molar-refractivity contribution is 0.172. The maximum Gasteiger partial charge on any atom is 0.0336 e. The van der Waals surface area contributed by atoms with Gasteiger partial charge in [0, 0.05) is 6.04 Å². The van der Waals surface area contributed by atoms with Crippen LogP contribution in [0, 0.1) is 11.3 Å². The van der Waals surface area contributed by atoms with Crippen LogP contribution < -0.4 is 5.32 Å². The molecule has 0 aromatic rings. The van der Waals surface area contributed by atoms with Gasteiger partial charge < -0.3 is 5.32 Å². The van der Waals surface area contributed by atoms with Crippen molar-refractivity contribution in [2.24, 2.45) is 11.3 Å². The molecule has 1 fully saturated rings. The highest BCUT2D eigenvalue weighted by atomic mass is 14.9. The average molecular weight is 277 g/mol. The molecular weight excluding hydrogens is 242 g/mol. The Balaban J connectivity index is 2.19. The fourth-order valence-corrected chi connectivity index (χ4v) is 4.66. The summed E-state index contributed by atoms with van der Waals surface area (Å²) in [5.74, 6) is 0.822. The highest BCUT2D eigenvalue weighted by Gasteiger charge is 2.42. The number of hydrogen-bond donors (Lipinski definition) is 1. The maximum absolute atomic E-state index is 3.96. The third-order valence-corrected chi connectivity index (χ3v) is 5.32. The molecule has 0 radical (unpaired) electrons. The van der Waals surface area contributed by atoms with E-state index in [2.05, 4.69) is 32.2 Å². The zero-order valence-corrected chi connectivity index (χ0v) is 14.0. The molecule has 0 amide bonds. The van der Waals surface area contributed by atoms with Crippen LogP contribution in [0.3, 0.4) is 0 Å². The minimum absolute atomic E-state index is 0.562. The first kappa shape index (κ1) is 16.1. The van der Waals surface area contributed by atoms with Gasteiger partial charge in [-0.3, -0.25) is 0 Å². The van der Waals surface area contributed by atoms with E-state index >= 15 is 0 Å². The number of allylic oxidation sites excluding steroid dienone is 1. The molecule has 1 atom stereocenters. The van der Waals surface area contributed by atoms with Crippen molar-refractivity contribution in [3.05, 3.63) is 11.6 Å². The SMILES string of the molecule is CCCNC(C1=CCCCC1)C1(CC(C)C)CCCC1. The van der Waals surface area contributed by atoms with Crippen LogP contribution in [0.2, 0.25) is 0 Å². The number of hydrogen-bond acceptors (Lipinski definition) is 1. The largest absolute Gasteiger partial charge is 0.310 e. The number of nitrogens with one attached hydrogen (secondary N) is 1. The predicted molar refractivity (Wildman–Crippen MR) is 89.0 cm³/mol. The van der Waals surface area contributed by atoms with Crippen LogP contribution in [0.15, 0.2) is 11.6 Å². The highest BCUT2D eigenvalue weighted by Crippen LogP contribution is 2.48. The standard InChI is InChI=1S/C19H35N/c1-4-14-20-18(17-10-6-5-7-11-17)19(15-16(2)3)12-8-9-13-19/h10,16,18,20H,4-9,11-15H2,1-3H3. The molecule has 1 N–H and O–H groups in total. The van der Waals surface area contributed by atoms with Gasteiger partial charge >= 0.3 is 0 Å². The van der Waals surface area contributed by atoms with E-state index in [0.717, 1.165) is 5.92 Å². The average Bonchev–Trinajstić information content (AvgIpc) is 2.89. The molecule has 0 aromatic heterocycles. The van der Waals surface area contributed by atoms with Crippen LogP contribution in [-0.2, 0) is 0 Å². The van der Waals surface area contributed by atoms with Gasteiger partial charge in [-0.1, -0.05) is 45.3 Å². The minimum Gasteiger partial charge on any atom is -0.310 e. The van der Waals surface area contributed by atoms with Crippen molar-refractivity contribution < 1.29 is 0 Å². The zero-order chi connectivity index (χ0) is 14.4. The first-order chi connectivity index (χ1) is 9.68. The molecule has 1 saturated carbocycles. The summed E-state index contributed by atoms with van der Waals surface area (Å²) in [4.78, 5) is 0. The minimum atomic E-state index is 0.562. The molecule has 0 saturated heterocycles. The summed E-state index contributed by atoms with van der Waals surface area (Å²) in [5, 5.41) is 3.96. The smallest absolute Gasteiger partial charge is 0.0336 e. The molecule has 20 heavy (non-hydrogen) atoms. The van der Waals surface area contributed by atoms with Crippen LogP contribution in [0.4, 0.5) is 0 Å². The van der Waals surface area contributed by atoms with E-state index in [1.54, 1.807) is 5.57 Å². The molecule has 1 nitrogen and oxygen atoms in total. The van der Waals surface area contributed by atoms with Gasteiger partial charge in [0.15, 0.2) is 0 Å². The Morgan fingerprint density at radius 1 is 1.15 bits per heavy atom. The second-order valence-corrected chi connectivity index (χ2v) is 7.58. The lowest BCUT2D eigenvalue weighted by Crippen LogP contribution is -2.46. The van der Waals surface area contributed by atoms with E-state index in [-0.39, 0.29) is 0 Å². The molecule has 2 aliphatic carbocycles. The van der Waals surface area contributed by atoms with Crippen molar-refractivity contribution in [3.63, 3.8) is 0 Å². The lowest BCUT2D eigenvalue weighted by Gasteiger charge is -2.42. The number of rotatable bonds is 7. The maximum atomic E-state index is 3.96. The summed E-state index contributed by atoms with van der Waals surface area (Å²) in [6.07, 6.45) is 16.5. The fourth-order valence-electron chi connectivity index (χ4n) is 4.66. The van der Waals surface area contributed by atoms with Crippen molar-refractivity contribution in [1.82, 2.24) is 5.32 Å². The highest BCUT2D eigenvalue weighted by molar-refractivity contribution is 5.19. The Bertz CT molecular complexity index is 310. The van der Waals surface area contributed by atoms with Crippen LogP contribution in [0.25, 0.3) is 0 Å². The molecule has 0 bridgehead atoms. The van der Waals surface area contributed by atoms with Gasteiger partial charge in [-0.25, -0.2) is 0 Å². The molecule has 0 heterocycles. The van der Waals surface area contributed by atoms with Crippen molar-refractivity contribution in [2.75, 3.05) is 6.54 Å². The van der Waals surface area contributed by atoms with Gasteiger partial charge in [0.25, 0.3) is 0 Å². The summed E-state index contributed by atoms with van der Waals surface area (Å²) >= 11 is 0. The molecule has 1 heteroatoms. The van der Waals surface area contributed by atoms with E-state index in [4.69, 9.17) is 0 Å². The summed E-state index contributed by atoms with van der Waals surface area (Å²) in [7, 11) is 0. The summed E-state index contributed by atoms with van der Waals surface area (Å²) < 4.78 is 0. The molecule has 0 aliphatic heterocycles. The fraction of sp³-hybridized carbons (Fsp3) is 0.895. The first-order valence-corrected chi connectivity index (χ1v) is 9.10. The van der Waals surface area contributed by atoms with Gasteiger partial charge in [-0.2, -0.15) is 0 Å². The monoisotopic (exact) mass is 277 g/mol. The lowest BCUT2D eigenvalue weighted by atomic mass is 9.68. The van der Waals surface area contributed by atoms with Crippen LogP contribution in [0.5, 0.6) is 0 Å². The topological polar surface area (TPSA) is 12.0 Å². The van der Waals surface area contributed by atoms with Crippen molar-refractivity contribution in [1.29, 1.82) is 0 Å². The van der Waals surface area contributed by atoms with E-state index in [1.807, 2.05) is 0 Å². The quantitative estimate of drug-likeness (QED) is 0.609. The molecule has 0 aromatic carbocycles. The normalized spacial score (nSPS) is 23.9. The van der Waals surface area contributed by atoms with E-state index < -0.39 is 0 Å². The molecular formula is C19H35N. The Morgan fingerprint density at radius 2 is 1.90 bits per heavy atom. The van der Waals surface area contributed by atoms with Gasteiger partial charge in [0.05, 0.1) is 0 Å². The summed E-state index contributed by atoms with van der Waals surface area (Å²) in [6, 6.07) is 0.674. The van der Waals surface area contributed by atoms with E-state index in [9.17, 15) is 0 Å². The molecule has 2 aliphatic rings. The molecule has 1 unspecified atom stereocenters. The Kier molecular flexibility index (Phi) is 6.14. The van der Waals surface area contributed by atoms with E-state index in [1.165, 1.54) is 70.8 Å². The zero-order valence-electron chi connectivity index (χ0n) is 14.0. The molecule has 2 rings (SSSR count). The third kappa shape index (κ3) is 3.87. The third-order valence-electron chi connectivity index (χ3n) is 5.32.